The van der Waals surface area contributed by atoms with Crippen molar-refractivity contribution in [2.24, 2.45) is 0 Å². The summed E-state index contributed by atoms with van der Waals surface area (Å²) < 4.78 is 2.56. The third-order valence-electron chi connectivity index (χ3n) is 4.20. The van der Waals surface area contributed by atoms with E-state index in [9.17, 15) is 0 Å². The lowest BCUT2D eigenvalue weighted by Crippen LogP contribution is -2.25. The van der Waals surface area contributed by atoms with Gasteiger partial charge in [-0.3, -0.25) is 0 Å². The topological polar surface area (TPSA) is 33.1 Å². The summed E-state index contributed by atoms with van der Waals surface area (Å²) in [5, 5.41) is 3.44. The van der Waals surface area contributed by atoms with Crippen LogP contribution in [0.15, 0.2) is 0 Å². The molecular formula is C15H26N4. The number of hydrogen-bond acceptors (Lipinski definition) is 3. The number of unbranched alkanes of at least 4 members (excludes halogenated alkanes) is 1. The molecule has 4 heteroatoms. The number of nitrogens with zero attached hydrogens (tertiary/aromatic N) is 3. The maximum absolute atomic E-state index is 4.92. The van der Waals surface area contributed by atoms with E-state index in [-0.39, 0.29) is 0 Å². The highest BCUT2D eigenvalue weighted by molar-refractivity contribution is 5.24. The quantitative estimate of drug-likeness (QED) is 0.793. The highest BCUT2D eigenvalue weighted by Gasteiger charge is 2.31. The summed E-state index contributed by atoms with van der Waals surface area (Å²) in [7, 11) is 4.31. The van der Waals surface area contributed by atoms with E-state index in [0.717, 1.165) is 25.4 Å². The summed E-state index contributed by atoms with van der Waals surface area (Å²) in [4.78, 5) is 7.19. The first-order chi connectivity index (χ1) is 9.25. The molecule has 1 fully saturated rings. The molecule has 1 aromatic rings. The third-order valence-corrected chi connectivity index (χ3v) is 4.20. The molecule has 0 radical (unpaired) electrons. The van der Waals surface area contributed by atoms with Crippen molar-refractivity contribution in [3.05, 3.63) is 17.2 Å². The molecule has 1 aliphatic carbocycles. The van der Waals surface area contributed by atoms with Crippen molar-refractivity contribution in [3.63, 3.8) is 0 Å². The van der Waals surface area contributed by atoms with Gasteiger partial charge < -0.3 is 14.8 Å². The maximum Gasteiger partial charge on any atom is 0.112 e. The average Bonchev–Trinajstić information content (AvgIpc) is 3.17. The van der Waals surface area contributed by atoms with Crippen LogP contribution < -0.4 is 5.32 Å². The van der Waals surface area contributed by atoms with Gasteiger partial charge in [0.05, 0.1) is 5.69 Å². The Labute approximate surface area is 116 Å². The van der Waals surface area contributed by atoms with E-state index in [1.54, 1.807) is 0 Å². The van der Waals surface area contributed by atoms with Gasteiger partial charge in [0.15, 0.2) is 0 Å². The van der Waals surface area contributed by atoms with Crippen LogP contribution >= 0.6 is 0 Å². The summed E-state index contributed by atoms with van der Waals surface area (Å²) >= 11 is 0. The van der Waals surface area contributed by atoms with Crippen LogP contribution in [0.5, 0.6) is 0 Å². The first-order valence-corrected chi connectivity index (χ1v) is 7.69. The first kappa shape index (κ1) is 13.1. The van der Waals surface area contributed by atoms with Gasteiger partial charge in [0.25, 0.3) is 0 Å². The molecule has 0 unspecified atom stereocenters. The van der Waals surface area contributed by atoms with Gasteiger partial charge in [-0.05, 0) is 46.3 Å². The fraction of sp³-hybridized carbons (Fsp3) is 0.800. The van der Waals surface area contributed by atoms with Crippen molar-refractivity contribution < 1.29 is 0 Å². The summed E-state index contributed by atoms with van der Waals surface area (Å²) in [5.41, 5.74) is 2.84. The third kappa shape index (κ3) is 3.00. The Morgan fingerprint density at radius 1 is 1.32 bits per heavy atom. The van der Waals surface area contributed by atoms with Crippen molar-refractivity contribution in [1.29, 1.82) is 0 Å². The van der Waals surface area contributed by atoms with Crippen LogP contribution in [0.1, 0.15) is 48.8 Å². The van der Waals surface area contributed by atoms with Gasteiger partial charge in [0.1, 0.15) is 5.82 Å². The van der Waals surface area contributed by atoms with E-state index in [0.29, 0.717) is 0 Å². The monoisotopic (exact) mass is 262 g/mol. The van der Waals surface area contributed by atoms with Crippen molar-refractivity contribution >= 4 is 0 Å². The van der Waals surface area contributed by atoms with Gasteiger partial charge in [-0.1, -0.05) is 0 Å². The molecule has 1 saturated carbocycles. The molecule has 0 spiro atoms. The predicted molar refractivity (Wildman–Crippen MR) is 77.4 cm³/mol. The molecule has 2 heterocycles. The van der Waals surface area contributed by atoms with E-state index >= 15 is 0 Å². The SMILES string of the molecule is CN(C)CCCCn1c(C2CC2)nc2c1CCNC2. The molecule has 0 bridgehead atoms. The van der Waals surface area contributed by atoms with Crippen molar-refractivity contribution in [2.45, 2.75) is 51.1 Å². The first-order valence-electron chi connectivity index (χ1n) is 7.69. The number of imidazole rings is 1. The number of nitrogens with one attached hydrogen (secondary N) is 1. The zero-order chi connectivity index (χ0) is 13.2. The molecule has 19 heavy (non-hydrogen) atoms. The number of rotatable bonds is 6. The zero-order valence-electron chi connectivity index (χ0n) is 12.3. The molecule has 4 nitrogen and oxygen atoms in total. The normalized spacial score (nSPS) is 18.9. The van der Waals surface area contributed by atoms with Crippen LogP contribution in [0.3, 0.4) is 0 Å². The molecule has 0 atom stereocenters. The second-order valence-electron chi connectivity index (χ2n) is 6.23. The average molecular weight is 262 g/mol. The largest absolute Gasteiger partial charge is 0.331 e. The number of aromatic nitrogens is 2. The Morgan fingerprint density at radius 3 is 2.89 bits per heavy atom. The Kier molecular flexibility index (Phi) is 3.89. The Bertz CT molecular complexity index is 432. The summed E-state index contributed by atoms with van der Waals surface area (Å²) in [6.07, 6.45) is 6.40. The Balaban J connectivity index is 1.69. The maximum atomic E-state index is 4.92. The minimum atomic E-state index is 0.763. The molecule has 106 valence electrons. The van der Waals surface area contributed by atoms with Crippen molar-refractivity contribution in [1.82, 2.24) is 19.8 Å². The van der Waals surface area contributed by atoms with Crippen molar-refractivity contribution in [3.8, 4) is 0 Å². The van der Waals surface area contributed by atoms with E-state index < -0.39 is 0 Å². The number of hydrogen-bond donors (Lipinski definition) is 1. The van der Waals surface area contributed by atoms with Crippen LogP contribution in [0, 0.1) is 0 Å². The van der Waals surface area contributed by atoms with Crippen LogP contribution in [-0.2, 0) is 19.5 Å². The highest BCUT2D eigenvalue weighted by Crippen LogP contribution is 2.40. The van der Waals surface area contributed by atoms with Crippen LogP contribution in [0.4, 0.5) is 0 Å². The van der Waals surface area contributed by atoms with Gasteiger partial charge in [-0.2, -0.15) is 0 Å². The zero-order valence-corrected chi connectivity index (χ0v) is 12.3. The molecule has 0 amide bonds. The van der Waals surface area contributed by atoms with E-state index in [1.807, 2.05) is 0 Å². The predicted octanol–water partition coefficient (Wildman–Crippen LogP) is 1.75. The van der Waals surface area contributed by atoms with Gasteiger partial charge >= 0.3 is 0 Å². The van der Waals surface area contributed by atoms with E-state index in [1.165, 1.54) is 56.0 Å². The van der Waals surface area contributed by atoms with E-state index in [4.69, 9.17) is 4.98 Å². The summed E-state index contributed by atoms with van der Waals surface area (Å²) in [5.74, 6) is 2.15. The molecule has 3 rings (SSSR count). The standard InChI is InChI=1S/C15H26N4/c1-18(2)9-3-4-10-19-14-7-8-16-11-13(14)17-15(19)12-5-6-12/h12,16H,3-11H2,1-2H3. The van der Waals surface area contributed by atoms with Crippen LogP contribution in [0.25, 0.3) is 0 Å². The van der Waals surface area contributed by atoms with Gasteiger partial charge in [-0.15, -0.1) is 0 Å². The van der Waals surface area contributed by atoms with E-state index in [2.05, 4.69) is 28.9 Å². The molecule has 1 N–H and O–H groups in total. The molecular weight excluding hydrogens is 236 g/mol. The van der Waals surface area contributed by atoms with Gasteiger partial charge in [-0.25, -0.2) is 4.98 Å². The van der Waals surface area contributed by atoms with Gasteiger partial charge in [0, 0.05) is 37.7 Å². The second kappa shape index (κ2) is 5.63. The highest BCUT2D eigenvalue weighted by atomic mass is 15.1. The fourth-order valence-electron chi connectivity index (χ4n) is 2.99. The Hall–Kier alpha value is -0.870. The van der Waals surface area contributed by atoms with Crippen molar-refractivity contribution in [2.75, 3.05) is 27.2 Å². The molecule has 1 aliphatic heterocycles. The molecule has 1 aromatic heterocycles. The lowest BCUT2D eigenvalue weighted by molar-refractivity contribution is 0.385. The van der Waals surface area contributed by atoms with Gasteiger partial charge in [0.2, 0.25) is 0 Å². The minimum absolute atomic E-state index is 0.763. The van der Waals surface area contributed by atoms with Crippen LogP contribution in [0.2, 0.25) is 0 Å². The molecule has 2 aliphatic rings. The number of fused-ring (bicyclic) bond motifs is 1. The summed E-state index contributed by atoms with van der Waals surface area (Å²) in [6.45, 7) is 4.44. The smallest absolute Gasteiger partial charge is 0.112 e. The fourth-order valence-corrected chi connectivity index (χ4v) is 2.99. The molecule has 0 aromatic carbocycles. The lowest BCUT2D eigenvalue weighted by atomic mass is 10.2. The Morgan fingerprint density at radius 2 is 2.16 bits per heavy atom. The lowest BCUT2D eigenvalue weighted by Gasteiger charge is -2.16. The minimum Gasteiger partial charge on any atom is -0.331 e. The summed E-state index contributed by atoms with van der Waals surface area (Å²) in [6, 6.07) is 0. The second-order valence-corrected chi connectivity index (χ2v) is 6.23. The molecule has 0 saturated heterocycles. The van der Waals surface area contributed by atoms with Crippen LogP contribution in [-0.4, -0.2) is 41.6 Å².